The highest BCUT2D eigenvalue weighted by Gasteiger charge is 2.17. The van der Waals surface area contributed by atoms with Crippen LogP contribution in [-0.4, -0.2) is 28.5 Å². The molecular formula is C15H17N3O3. The summed E-state index contributed by atoms with van der Waals surface area (Å²) in [5.41, 5.74) is 1.98. The van der Waals surface area contributed by atoms with Crippen molar-refractivity contribution in [2.24, 2.45) is 0 Å². The zero-order chi connectivity index (χ0) is 15.4. The third-order valence-electron chi connectivity index (χ3n) is 3.17. The molecule has 2 aromatic rings. The lowest BCUT2D eigenvalue weighted by Crippen LogP contribution is -2.22. The number of carbonyl (C=O) groups excluding carboxylic acids is 2. The number of aromatic nitrogens is 2. The number of para-hydroxylation sites is 1. The maximum Gasteiger partial charge on any atom is 0.356 e. The predicted molar refractivity (Wildman–Crippen MR) is 78.1 cm³/mol. The van der Waals surface area contributed by atoms with Crippen molar-refractivity contribution in [1.29, 1.82) is 0 Å². The number of nitrogens with zero attached hydrogens (tertiary/aromatic N) is 2. The Kier molecular flexibility index (Phi) is 4.37. The Balaban J connectivity index is 2.15. The lowest BCUT2D eigenvalue weighted by atomic mass is 10.2. The average molecular weight is 287 g/mol. The Hall–Kier alpha value is -2.63. The fourth-order valence-electron chi connectivity index (χ4n) is 1.98. The number of hydrogen-bond donors (Lipinski definition) is 1. The molecule has 0 aliphatic heterocycles. The molecule has 1 heterocycles. The highest BCUT2D eigenvalue weighted by molar-refractivity contribution is 5.93. The van der Waals surface area contributed by atoms with Crippen molar-refractivity contribution in [1.82, 2.24) is 9.55 Å². The van der Waals surface area contributed by atoms with Crippen LogP contribution in [0.15, 0.2) is 30.5 Å². The van der Waals surface area contributed by atoms with Gasteiger partial charge in [0.25, 0.3) is 0 Å². The van der Waals surface area contributed by atoms with Crippen LogP contribution in [0, 0.1) is 13.8 Å². The molecule has 1 aromatic carbocycles. The number of rotatable bonds is 4. The van der Waals surface area contributed by atoms with E-state index in [-0.39, 0.29) is 18.1 Å². The molecule has 0 atom stereocenters. The Labute approximate surface area is 122 Å². The Morgan fingerprint density at radius 3 is 2.67 bits per heavy atom. The van der Waals surface area contributed by atoms with Crippen molar-refractivity contribution < 1.29 is 14.3 Å². The molecule has 0 spiro atoms. The number of nitrogens with one attached hydrogen (secondary N) is 1. The van der Waals surface area contributed by atoms with E-state index in [1.807, 2.05) is 31.2 Å². The number of anilines is 1. The SMILES string of the molecule is COC(=O)c1cnc(C)n1CC(=O)Nc1ccccc1C. The van der Waals surface area contributed by atoms with E-state index in [2.05, 4.69) is 15.0 Å². The van der Waals surface area contributed by atoms with Crippen molar-refractivity contribution in [3.63, 3.8) is 0 Å². The van der Waals surface area contributed by atoms with Crippen LogP contribution in [0.2, 0.25) is 0 Å². The number of esters is 1. The molecule has 0 radical (unpaired) electrons. The summed E-state index contributed by atoms with van der Waals surface area (Å²) in [5.74, 6) is -0.162. The molecule has 21 heavy (non-hydrogen) atoms. The molecule has 1 aromatic heterocycles. The molecule has 0 aliphatic rings. The van der Waals surface area contributed by atoms with E-state index >= 15 is 0 Å². The van der Waals surface area contributed by atoms with Gasteiger partial charge in [-0.1, -0.05) is 18.2 Å². The number of ether oxygens (including phenoxy) is 1. The Morgan fingerprint density at radius 2 is 2.00 bits per heavy atom. The van der Waals surface area contributed by atoms with Crippen molar-refractivity contribution in [3.05, 3.63) is 47.5 Å². The standard InChI is InChI=1S/C15H17N3O3/c1-10-6-4-5-7-12(10)17-14(19)9-18-11(2)16-8-13(18)15(20)21-3/h4-8H,9H2,1-3H3,(H,17,19). The van der Waals surface area contributed by atoms with Crippen molar-refractivity contribution in [3.8, 4) is 0 Å². The molecule has 0 unspecified atom stereocenters. The number of aryl methyl sites for hydroxylation is 2. The smallest absolute Gasteiger partial charge is 0.356 e. The van der Waals surface area contributed by atoms with Gasteiger partial charge in [-0.3, -0.25) is 4.79 Å². The third kappa shape index (κ3) is 3.28. The summed E-state index contributed by atoms with van der Waals surface area (Å²) in [6, 6.07) is 7.50. The van der Waals surface area contributed by atoms with Gasteiger partial charge in [0.1, 0.15) is 18.1 Å². The molecule has 2 rings (SSSR count). The first-order valence-corrected chi connectivity index (χ1v) is 6.49. The summed E-state index contributed by atoms with van der Waals surface area (Å²) >= 11 is 0. The minimum atomic E-state index is -0.515. The van der Waals surface area contributed by atoms with E-state index < -0.39 is 5.97 Å². The van der Waals surface area contributed by atoms with Crippen LogP contribution in [0.3, 0.4) is 0 Å². The number of hydrogen-bond acceptors (Lipinski definition) is 4. The van der Waals surface area contributed by atoms with Gasteiger partial charge >= 0.3 is 5.97 Å². The van der Waals surface area contributed by atoms with Gasteiger partial charge in [0.15, 0.2) is 0 Å². The zero-order valence-electron chi connectivity index (χ0n) is 12.2. The topological polar surface area (TPSA) is 73.2 Å². The molecule has 0 saturated heterocycles. The molecule has 1 N–H and O–H groups in total. The summed E-state index contributed by atoms with van der Waals surface area (Å²) in [7, 11) is 1.29. The number of benzene rings is 1. The number of amides is 1. The van der Waals surface area contributed by atoms with Crippen LogP contribution >= 0.6 is 0 Å². The van der Waals surface area contributed by atoms with Crippen LogP contribution in [0.4, 0.5) is 5.69 Å². The van der Waals surface area contributed by atoms with Gasteiger partial charge in [-0.2, -0.15) is 0 Å². The first-order chi connectivity index (χ1) is 10.0. The minimum absolute atomic E-state index is 0.00456. The maximum atomic E-state index is 12.1. The summed E-state index contributed by atoms with van der Waals surface area (Å²) in [5, 5.41) is 2.82. The van der Waals surface area contributed by atoms with E-state index in [1.165, 1.54) is 17.9 Å². The number of carbonyl (C=O) groups is 2. The first kappa shape index (κ1) is 14.8. The van der Waals surface area contributed by atoms with E-state index in [0.717, 1.165) is 11.3 Å². The van der Waals surface area contributed by atoms with E-state index in [0.29, 0.717) is 5.82 Å². The molecular weight excluding hydrogens is 270 g/mol. The van der Waals surface area contributed by atoms with Crippen molar-refractivity contribution in [2.45, 2.75) is 20.4 Å². The predicted octanol–water partition coefficient (Wildman–Crippen LogP) is 1.93. The molecule has 0 aliphatic carbocycles. The first-order valence-electron chi connectivity index (χ1n) is 6.49. The van der Waals surface area contributed by atoms with Gasteiger partial charge in [-0.25, -0.2) is 9.78 Å². The average Bonchev–Trinajstić information content (AvgIpc) is 2.82. The Morgan fingerprint density at radius 1 is 1.29 bits per heavy atom. The fraction of sp³-hybridized carbons (Fsp3) is 0.267. The molecule has 1 amide bonds. The molecule has 0 saturated carbocycles. The van der Waals surface area contributed by atoms with Crippen LogP contribution in [0.25, 0.3) is 0 Å². The second-order valence-electron chi connectivity index (χ2n) is 4.63. The lowest BCUT2D eigenvalue weighted by molar-refractivity contribution is -0.116. The summed E-state index contributed by atoms with van der Waals surface area (Å²) in [6.07, 6.45) is 1.40. The van der Waals surface area contributed by atoms with Gasteiger partial charge in [0.05, 0.1) is 13.3 Å². The zero-order valence-corrected chi connectivity index (χ0v) is 12.2. The second-order valence-corrected chi connectivity index (χ2v) is 4.63. The van der Waals surface area contributed by atoms with Crippen molar-refractivity contribution in [2.75, 3.05) is 12.4 Å². The molecule has 0 fully saturated rings. The molecule has 6 nitrogen and oxygen atoms in total. The fourth-order valence-corrected chi connectivity index (χ4v) is 1.98. The number of imidazole rings is 1. The summed E-state index contributed by atoms with van der Waals surface area (Å²) in [4.78, 5) is 27.8. The maximum absolute atomic E-state index is 12.1. The monoisotopic (exact) mass is 287 g/mol. The van der Waals surface area contributed by atoms with E-state index in [1.54, 1.807) is 6.92 Å². The van der Waals surface area contributed by atoms with Gasteiger partial charge in [-0.15, -0.1) is 0 Å². The van der Waals surface area contributed by atoms with Crippen molar-refractivity contribution >= 4 is 17.6 Å². The van der Waals surface area contributed by atoms with Crippen LogP contribution in [0.5, 0.6) is 0 Å². The Bertz CT molecular complexity index is 677. The van der Waals surface area contributed by atoms with E-state index in [9.17, 15) is 9.59 Å². The lowest BCUT2D eigenvalue weighted by Gasteiger charge is -2.11. The van der Waals surface area contributed by atoms with E-state index in [4.69, 9.17) is 0 Å². The number of methoxy groups -OCH3 is 1. The molecule has 110 valence electrons. The summed E-state index contributed by atoms with van der Waals surface area (Å²) < 4.78 is 6.20. The van der Waals surface area contributed by atoms with Gasteiger partial charge < -0.3 is 14.6 Å². The van der Waals surface area contributed by atoms with Gasteiger partial charge in [-0.05, 0) is 25.5 Å². The van der Waals surface area contributed by atoms with Gasteiger partial charge in [0, 0.05) is 5.69 Å². The van der Waals surface area contributed by atoms with Crippen LogP contribution in [-0.2, 0) is 16.1 Å². The van der Waals surface area contributed by atoms with Gasteiger partial charge in [0.2, 0.25) is 5.91 Å². The molecule has 6 heteroatoms. The summed E-state index contributed by atoms with van der Waals surface area (Å²) in [6.45, 7) is 3.65. The second kappa shape index (κ2) is 6.21. The largest absolute Gasteiger partial charge is 0.464 e. The highest BCUT2D eigenvalue weighted by Crippen LogP contribution is 2.14. The minimum Gasteiger partial charge on any atom is -0.464 e. The highest BCUT2D eigenvalue weighted by atomic mass is 16.5. The van der Waals surface area contributed by atoms with Crippen LogP contribution in [0.1, 0.15) is 21.9 Å². The third-order valence-corrected chi connectivity index (χ3v) is 3.17. The van der Waals surface area contributed by atoms with Crippen LogP contribution < -0.4 is 5.32 Å². The quantitative estimate of drug-likeness (QED) is 0.872. The molecule has 0 bridgehead atoms. The normalized spacial score (nSPS) is 10.2.